The van der Waals surface area contributed by atoms with Gasteiger partial charge in [-0.05, 0) is 20.8 Å². The Morgan fingerprint density at radius 2 is 2.09 bits per heavy atom. The lowest BCUT2D eigenvalue weighted by atomic mass is 10.4. The third-order valence-corrected chi connectivity index (χ3v) is 1.67. The molecule has 0 bridgehead atoms. The van der Waals surface area contributed by atoms with E-state index in [-0.39, 0.29) is 11.7 Å². The highest BCUT2D eigenvalue weighted by atomic mass is 16.1. The van der Waals surface area contributed by atoms with Gasteiger partial charge in [0.05, 0.1) is 5.69 Å². The van der Waals surface area contributed by atoms with E-state index in [1.165, 1.54) is 4.57 Å². The molecule has 0 aliphatic carbocycles. The lowest BCUT2D eigenvalue weighted by Gasteiger charge is -2.06. The molecule has 0 saturated heterocycles. The Morgan fingerprint density at radius 1 is 1.55 bits per heavy atom. The van der Waals surface area contributed by atoms with Crippen LogP contribution in [0.1, 0.15) is 25.6 Å². The van der Waals surface area contributed by atoms with Crippen molar-refractivity contribution in [3.05, 3.63) is 16.2 Å². The first-order valence-corrected chi connectivity index (χ1v) is 3.60. The summed E-state index contributed by atoms with van der Waals surface area (Å²) >= 11 is 0. The molecule has 0 fully saturated rings. The minimum Gasteiger partial charge on any atom is -0.384 e. The van der Waals surface area contributed by atoms with Crippen LogP contribution in [0.4, 0.5) is 5.82 Å². The van der Waals surface area contributed by atoms with Crippen LogP contribution in [0.2, 0.25) is 0 Å². The molecule has 1 aromatic rings. The predicted octanol–water partition coefficient (Wildman–Crippen LogP) is 0.648. The van der Waals surface area contributed by atoms with Crippen LogP contribution in [0.25, 0.3) is 0 Å². The van der Waals surface area contributed by atoms with Crippen molar-refractivity contribution >= 4 is 5.82 Å². The molecule has 0 amide bonds. The van der Waals surface area contributed by atoms with Crippen molar-refractivity contribution in [2.75, 3.05) is 5.73 Å². The molecular weight excluding hydrogens is 142 g/mol. The van der Waals surface area contributed by atoms with Crippen LogP contribution < -0.4 is 11.4 Å². The number of aromatic amines is 1. The molecule has 0 aliphatic rings. The molecule has 1 aromatic heterocycles. The number of imidazole rings is 1. The van der Waals surface area contributed by atoms with Crippen molar-refractivity contribution in [3.8, 4) is 0 Å². The van der Waals surface area contributed by atoms with Gasteiger partial charge in [-0.25, -0.2) is 4.79 Å². The summed E-state index contributed by atoms with van der Waals surface area (Å²) in [5.41, 5.74) is 6.25. The van der Waals surface area contributed by atoms with Crippen LogP contribution >= 0.6 is 0 Å². The van der Waals surface area contributed by atoms with Crippen LogP contribution in [0, 0.1) is 6.92 Å². The molecule has 0 aromatic carbocycles. The zero-order valence-corrected chi connectivity index (χ0v) is 7.01. The smallest absolute Gasteiger partial charge is 0.327 e. The summed E-state index contributed by atoms with van der Waals surface area (Å²) in [6, 6.07) is 0.118. The first kappa shape index (κ1) is 7.91. The molecule has 0 saturated carbocycles. The summed E-state index contributed by atoms with van der Waals surface area (Å²) < 4.78 is 1.54. The van der Waals surface area contributed by atoms with Crippen LogP contribution in [0.15, 0.2) is 4.79 Å². The maximum atomic E-state index is 11.1. The molecule has 4 nitrogen and oxygen atoms in total. The van der Waals surface area contributed by atoms with Crippen LogP contribution in [0.5, 0.6) is 0 Å². The Balaban J connectivity index is 3.34. The number of aryl methyl sites for hydroxylation is 1. The third kappa shape index (κ3) is 1.15. The van der Waals surface area contributed by atoms with Crippen molar-refractivity contribution < 1.29 is 0 Å². The summed E-state index contributed by atoms with van der Waals surface area (Å²) in [6.07, 6.45) is 0. The minimum atomic E-state index is -0.130. The van der Waals surface area contributed by atoms with Gasteiger partial charge >= 0.3 is 5.69 Å². The second-order valence-corrected chi connectivity index (χ2v) is 2.90. The number of nitrogens with one attached hydrogen (secondary N) is 1. The Bertz CT molecular complexity index is 308. The molecule has 0 unspecified atom stereocenters. The van der Waals surface area contributed by atoms with Gasteiger partial charge in [0, 0.05) is 6.04 Å². The number of rotatable bonds is 1. The van der Waals surface area contributed by atoms with E-state index >= 15 is 0 Å². The van der Waals surface area contributed by atoms with Crippen LogP contribution in [-0.2, 0) is 0 Å². The second kappa shape index (κ2) is 2.45. The molecule has 0 aliphatic heterocycles. The summed E-state index contributed by atoms with van der Waals surface area (Å²) in [5, 5.41) is 0. The number of nitrogens with zero attached hydrogens (tertiary/aromatic N) is 1. The number of nitrogens with two attached hydrogens (primary N) is 1. The Kier molecular flexibility index (Phi) is 1.76. The van der Waals surface area contributed by atoms with E-state index in [2.05, 4.69) is 4.98 Å². The molecular formula is C7H13N3O. The highest BCUT2D eigenvalue weighted by Crippen LogP contribution is 2.10. The van der Waals surface area contributed by atoms with E-state index < -0.39 is 0 Å². The third-order valence-electron chi connectivity index (χ3n) is 1.67. The second-order valence-electron chi connectivity index (χ2n) is 2.90. The Hall–Kier alpha value is -1.19. The lowest BCUT2D eigenvalue weighted by molar-refractivity contribution is 0.588. The number of nitrogen functional groups attached to an aromatic ring is 1. The van der Waals surface area contributed by atoms with Crippen molar-refractivity contribution in [2.45, 2.75) is 26.8 Å². The van der Waals surface area contributed by atoms with Crippen molar-refractivity contribution in [1.29, 1.82) is 0 Å². The number of hydrogen-bond acceptors (Lipinski definition) is 2. The van der Waals surface area contributed by atoms with Gasteiger partial charge in [-0.2, -0.15) is 0 Å². The largest absolute Gasteiger partial charge is 0.384 e. The van der Waals surface area contributed by atoms with E-state index in [0.717, 1.165) is 5.69 Å². The van der Waals surface area contributed by atoms with Gasteiger partial charge in [0.2, 0.25) is 0 Å². The maximum Gasteiger partial charge on any atom is 0.327 e. The molecule has 1 rings (SSSR count). The normalized spacial score (nSPS) is 10.9. The van der Waals surface area contributed by atoms with E-state index in [0.29, 0.717) is 5.82 Å². The zero-order valence-electron chi connectivity index (χ0n) is 7.01. The molecule has 4 heteroatoms. The Labute approximate surface area is 65.0 Å². The van der Waals surface area contributed by atoms with Gasteiger partial charge in [-0.15, -0.1) is 0 Å². The lowest BCUT2D eigenvalue weighted by Crippen LogP contribution is -2.20. The van der Waals surface area contributed by atoms with Gasteiger partial charge in [0.15, 0.2) is 0 Å². The molecule has 0 radical (unpaired) electrons. The van der Waals surface area contributed by atoms with Gasteiger partial charge in [0.1, 0.15) is 5.82 Å². The quantitative estimate of drug-likeness (QED) is 0.625. The molecule has 1 heterocycles. The van der Waals surface area contributed by atoms with Crippen LogP contribution in [-0.4, -0.2) is 9.55 Å². The summed E-state index contributed by atoms with van der Waals surface area (Å²) in [4.78, 5) is 13.8. The number of anilines is 1. The fourth-order valence-corrected chi connectivity index (χ4v) is 1.09. The molecule has 62 valence electrons. The summed E-state index contributed by atoms with van der Waals surface area (Å²) in [5.74, 6) is 0.532. The average Bonchev–Trinajstić information content (AvgIpc) is 2.07. The highest BCUT2D eigenvalue weighted by molar-refractivity contribution is 5.34. The van der Waals surface area contributed by atoms with E-state index in [1.54, 1.807) is 6.92 Å². The van der Waals surface area contributed by atoms with Gasteiger partial charge in [0.25, 0.3) is 0 Å². The summed E-state index contributed by atoms with van der Waals surface area (Å²) in [6.45, 7) is 5.63. The Morgan fingerprint density at radius 3 is 2.27 bits per heavy atom. The van der Waals surface area contributed by atoms with Crippen molar-refractivity contribution in [1.82, 2.24) is 9.55 Å². The van der Waals surface area contributed by atoms with E-state index in [4.69, 9.17) is 5.73 Å². The van der Waals surface area contributed by atoms with Gasteiger partial charge in [-0.3, -0.25) is 4.57 Å². The fourth-order valence-electron chi connectivity index (χ4n) is 1.09. The van der Waals surface area contributed by atoms with Gasteiger partial charge in [-0.1, -0.05) is 0 Å². The van der Waals surface area contributed by atoms with Gasteiger partial charge < -0.3 is 10.7 Å². The average molecular weight is 155 g/mol. The minimum absolute atomic E-state index is 0.118. The molecule has 0 spiro atoms. The van der Waals surface area contributed by atoms with Crippen LogP contribution in [0.3, 0.4) is 0 Å². The molecule has 0 atom stereocenters. The van der Waals surface area contributed by atoms with E-state index in [9.17, 15) is 4.79 Å². The zero-order chi connectivity index (χ0) is 8.59. The summed E-state index contributed by atoms with van der Waals surface area (Å²) in [7, 11) is 0. The number of H-pyrrole nitrogens is 1. The first-order chi connectivity index (χ1) is 5.04. The predicted molar refractivity (Wildman–Crippen MR) is 44.6 cm³/mol. The molecule has 11 heavy (non-hydrogen) atoms. The monoisotopic (exact) mass is 155 g/mol. The molecule has 3 N–H and O–H groups in total. The van der Waals surface area contributed by atoms with Crippen molar-refractivity contribution in [2.24, 2.45) is 0 Å². The first-order valence-electron chi connectivity index (χ1n) is 3.60. The van der Waals surface area contributed by atoms with E-state index in [1.807, 2.05) is 13.8 Å². The number of aromatic nitrogens is 2. The topological polar surface area (TPSA) is 63.8 Å². The standard InChI is InChI=1S/C7H13N3O/c1-4(2)10-6(8)5(3)9-7(10)11/h4H,8H2,1-3H3,(H,9,11). The van der Waals surface area contributed by atoms with Crippen molar-refractivity contribution in [3.63, 3.8) is 0 Å². The maximum absolute atomic E-state index is 11.1. The fraction of sp³-hybridized carbons (Fsp3) is 0.571. The SMILES string of the molecule is Cc1[nH]c(=O)n(C(C)C)c1N. The number of hydrogen-bond donors (Lipinski definition) is 2. The highest BCUT2D eigenvalue weighted by Gasteiger charge is 2.08.